The van der Waals surface area contributed by atoms with Gasteiger partial charge in [-0.2, -0.15) is 4.31 Å². The second kappa shape index (κ2) is 12.4. The summed E-state index contributed by atoms with van der Waals surface area (Å²) in [5.41, 5.74) is 0.564. The summed E-state index contributed by atoms with van der Waals surface area (Å²) in [5.74, 6) is -0.559. The number of nitrogens with zero attached hydrogens (tertiary/aromatic N) is 1. The third kappa shape index (κ3) is 6.31. The van der Waals surface area contributed by atoms with E-state index in [1.807, 2.05) is 0 Å². The van der Waals surface area contributed by atoms with Crippen molar-refractivity contribution in [2.45, 2.75) is 23.5 Å². The largest absolute Gasteiger partial charge is 0.497 e. The van der Waals surface area contributed by atoms with Crippen LogP contribution in [0.1, 0.15) is 17.9 Å². The number of benzene rings is 2. The van der Waals surface area contributed by atoms with Crippen molar-refractivity contribution in [2.24, 2.45) is 0 Å². The number of ether oxygens (including phenoxy) is 3. The third-order valence-corrected chi connectivity index (χ3v) is 8.22. The summed E-state index contributed by atoms with van der Waals surface area (Å²) in [6, 6.07) is 12.8. The Labute approximate surface area is 225 Å². The number of aliphatic hydroxyl groups is 1. The number of likely N-dealkylation sites (N-methyl/N-ethyl adjacent to an activating group) is 1. The molecule has 208 valence electrons. The van der Waals surface area contributed by atoms with Crippen molar-refractivity contribution in [1.29, 1.82) is 0 Å². The Morgan fingerprint density at radius 2 is 1.90 bits per heavy atom. The third-order valence-electron chi connectivity index (χ3n) is 6.31. The molecule has 2 atom stereocenters. The first-order valence-electron chi connectivity index (χ1n) is 12.3. The predicted molar refractivity (Wildman–Crippen MR) is 142 cm³/mol. The molecule has 1 aliphatic heterocycles. The molecule has 0 radical (unpaired) electrons. The van der Waals surface area contributed by atoms with Gasteiger partial charge in [0, 0.05) is 38.0 Å². The molecule has 12 heteroatoms. The molecule has 0 spiro atoms. The highest BCUT2D eigenvalue weighted by Crippen LogP contribution is 2.31. The van der Waals surface area contributed by atoms with Gasteiger partial charge in [-0.25, -0.2) is 8.42 Å². The van der Waals surface area contributed by atoms with Gasteiger partial charge in [-0.1, -0.05) is 12.1 Å². The van der Waals surface area contributed by atoms with Crippen LogP contribution in [0.3, 0.4) is 0 Å². The van der Waals surface area contributed by atoms with Crippen LogP contribution in [0, 0.1) is 0 Å². The summed E-state index contributed by atoms with van der Waals surface area (Å²) in [6.45, 7) is -0.719. The quantitative estimate of drug-likeness (QED) is 0.361. The second-order valence-corrected chi connectivity index (χ2v) is 10.6. The predicted octanol–water partition coefficient (Wildman–Crippen LogP) is 1.96. The molecule has 0 unspecified atom stereocenters. The van der Waals surface area contributed by atoms with Gasteiger partial charge in [-0.3, -0.25) is 9.59 Å². The number of carbonyl (C=O) groups excluding carboxylic acids is 1. The number of carbonyl (C=O) groups is 1. The SMILES string of the molecule is CNC(=O)C1=C[C@@H](c2coc3ccccc3c2=O)C[C@@H](OCCN(CCO)S(=O)(=O)c2ccc(OC)cc2)O1. The molecule has 0 saturated carbocycles. The van der Waals surface area contributed by atoms with Gasteiger partial charge in [0.25, 0.3) is 5.91 Å². The number of hydrogen-bond donors (Lipinski definition) is 2. The van der Waals surface area contributed by atoms with Gasteiger partial charge >= 0.3 is 0 Å². The van der Waals surface area contributed by atoms with E-state index in [9.17, 15) is 23.1 Å². The van der Waals surface area contributed by atoms with Crippen molar-refractivity contribution in [3.63, 3.8) is 0 Å². The molecule has 0 aliphatic carbocycles. The topological polar surface area (TPSA) is 145 Å². The molecule has 39 heavy (non-hydrogen) atoms. The van der Waals surface area contributed by atoms with Gasteiger partial charge in [0.1, 0.15) is 11.3 Å². The van der Waals surface area contributed by atoms with Crippen molar-refractivity contribution < 1.29 is 36.9 Å². The average molecular weight is 559 g/mol. The van der Waals surface area contributed by atoms with Gasteiger partial charge in [-0.05, 0) is 42.5 Å². The number of sulfonamides is 1. The van der Waals surface area contributed by atoms with Crippen LogP contribution in [-0.4, -0.2) is 70.5 Å². The molecule has 0 saturated heterocycles. The van der Waals surface area contributed by atoms with Gasteiger partial charge in [-0.15, -0.1) is 0 Å². The Bertz CT molecular complexity index is 1500. The molecular formula is C27H30N2O9S. The lowest BCUT2D eigenvalue weighted by Crippen LogP contribution is -2.38. The summed E-state index contributed by atoms with van der Waals surface area (Å²) in [7, 11) is -1.000. The molecule has 1 aromatic heterocycles. The van der Waals surface area contributed by atoms with Crippen LogP contribution in [0.5, 0.6) is 5.75 Å². The zero-order chi connectivity index (χ0) is 28.0. The fraction of sp³-hybridized carbons (Fsp3) is 0.333. The van der Waals surface area contributed by atoms with Crippen molar-refractivity contribution in [3.05, 3.63) is 82.4 Å². The number of nitrogens with one attached hydrogen (secondary N) is 1. The van der Waals surface area contributed by atoms with Gasteiger partial charge in [0.05, 0.1) is 36.9 Å². The maximum Gasteiger partial charge on any atom is 0.285 e. The molecule has 0 bridgehead atoms. The number of methoxy groups -OCH3 is 1. The van der Waals surface area contributed by atoms with E-state index >= 15 is 0 Å². The number of amides is 1. The van der Waals surface area contributed by atoms with Crippen LogP contribution >= 0.6 is 0 Å². The number of rotatable bonds is 11. The van der Waals surface area contributed by atoms with E-state index in [1.54, 1.807) is 30.3 Å². The number of para-hydroxylation sites is 1. The Kier molecular flexibility index (Phi) is 9.02. The minimum absolute atomic E-state index is 0.0237. The first-order valence-corrected chi connectivity index (χ1v) is 13.7. The van der Waals surface area contributed by atoms with Crippen LogP contribution < -0.4 is 15.5 Å². The highest BCUT2D eigenvalue weighted by Gasteiger charge is 2.31. The fourth-order valence-electron chi connectivity index (χ4n) is 4.25. The zero-order valence-electron chi connectivity index (χ0n) is 21.5. The van der Waals surface area contributed by atoms with E-state index in [-0.39, 0.29) is 42.2 Å². The van der Waals surface area contributed by atoms with E-state index in [1.165, 1.54) is 44.7 Å². The van der Waals surface area contributed by atoms with E-state index in [0.717, 1.165) is 4.31 Å². The molecule has 4 rings (SSSR count). The van der Waals surface area contributed by atoms with Crippen LogP contribution in [0.4, 0.5) is 0 Å². The molecule has 1 aliphatic rings. The highest BCUT2D eigenvalue weighted by molar-refractivity contribution is 7.89. The van der Waals surface area contributed by atoms with Crippen molar-refractivity contribution in [3.8, 4) is 5.75 Å². The maximum absolute atomic E-state index is 13.2. The summed E-state index contributed by atoms with van der Waals surface area (Å²) in [5, 5.41) is 12.4. The molecule has 2 heterocycles. The lowest BCUT2D eigenvalue weighted by Gasteiger charge is -2.29. The van der Waals surface area contributed by atoms with Crippen molar-refractivity contribution >= 4 is 26.9 Å². The fourth-order valence-corrected chi connectivity index (χ4v) is 5.67. The molecule has 0 fully saturated rings. The van der Waals surface area contributed by atoms with E-state index < -0.39 is 34.7 Å². The summed E-state index contributed by atoms with van der Waals surface area (Å²) >= 11 is 0. The minimum Gasteiger partial charge on any atom is -0.497 e. The van der Waals surface area contributed by atoms with Crippen molar-refractivity contribution in [1.82, 2.24) is 9.62 Å². The highest BCUT2D eigenvalue weighted by atomic mass is 32.2. The van der Waals surface area contributed by atoms with E-state index in [4.69, 9.17) is 18.6 Å². The van der Waals surface area contributed by atoms with Gasteiger partial charge in [0.2, 0.25) is 16.3 Å². The first kappa shape index (κ1) is 28.3. The van der Waals surface area contributed by atoms with Crippen LogP contribution in [-0.2, 0) is 24.3 Å². The molecule has 11 nitrogen and oxygen atoms in total. The van der Waals surface area contributed by atoms with Crippen LogP contribution in [0.25, 0.3) is 11.0 Å². The lowest BCUT2D eigenvalue weighted by atomic mass is 9.93. The molecule has 3 aromatic rings. The molecule has 1 amide bonds. The Hall–Kier alpha value is -3.71. The monoisotopic (exact) mass is 558 g/mol. The van der Waals surface area contributed by atoms with Crippen molar-refractivity contribution in [2.75, 3.05) is 40.5 Å². The summed E-state index contributed by atoms with van der Waals surface area (Å²) in [4.78, 5) is 25.6. The van der Waals surface area contributed by atoms with Gasteiger partial charge in [0.15, 0.2) is 11.2 Å². The molecule has 2 N–H and O–H groups in total. The number of hydrogen-bond acceptors (Lipinski definition) is 9. The normalized spacial score (nSPS) is 17.5. The summed E-state index contributed by atoms with van der Waals surface area (Å²) < 4.78 is 49.7. The zero-order valence-corrected chi connectivity index (χ0v) is 22.3. The number of allylic oxidation sites excluding steroid dienone is 1. The van der Waals surface area contributed by atoms with Crippen LogP contribution in [0.2, 0.25) is 0 Å². The standard InChI is InChI=1S/C27H30N2O9S/c1-28-27(32)24-15-18(22-17-37-23-6-4-3-5-21(23)26(22)31)16-25(38-24)36-14-12-29(11-13-30)39(33,34)20-9-7-19(35-2)8-10-20/h3-10,15,17-18,25,30H,11-14,16H2,1-2H3,(H,28,32)/t18-,25+/m1/s1. The first-order chi connectivity index (χ1) is 18.8. The van der Waals surface area contributed by atoms with E-state index in [2.05, 4.69) is 5.32 Å². The Morgan fingerprint density at radius 3 is 2.59 bits per heavy atom. The number of fused-ring (bicyclic) bond motifs is 1. The minimum atomic E-state index is -3.93. The molecule has 2 aromatic carbocycles. The smallest absolute Gasteiger partial charge is 0.285 e. The Morgan fingerprint density at radius 1 is 1.15 bits per heavy atom. The van der Waals surface area contributed by atoms with E-state index in [0.29, 0.717) is 22.3 Å². The summed E-state index contributed by atoms with van der Waals surface area (Å²) in [6.07, 6.45) is 2.17. The Balaban J connectivity index is 1.51. The average Bonchev–Trinajstić information content (AvgIpc) is 2.96. The lowest BCUT2D eigenvalue weighted by molar-refractivity contribution is -0.146. The maximum atomic E-state index is 13.2. The number of aliphatic hydroxyl groups excluding tert-OH is 1. The van der Waals surface area contributed by atoms with Crippen LogP contribution in [0.15, 0.2) is 80.7 Å². The molecular weight excluding hydrogens is 528 g/mol. The van der Waals surface area contributed by atoms with Gasteiger partial charge < -0.3 is 29.1 Å². The second-order valence-electron chi connectivity index (χ2n) is 8.69.